The Labute approximate surface area is 207 Å². The molecule has 0 fully saturated rings. The maximum atomic E-state index is 13.4. The van der Waals surface area contributed by atoms with Gasteiger partial charge in [-0.3, -0.25) is 9.52 Å². The molecule has 5 rings (SSSR count). The number of fused-ring (bicyclic) bond motifs is 2. The highest BCUT2D eigenvalue weighted by Crippen LogP contribution is 2.33. The minimum Gasteiger partial charge on any atom is -0.360 e. The van der Waals surface area contributed by atoms with Crippen LogP contribution < -0.4 is 9.62 Å². The molecule has 0 saturated heterocycles. The number of sulfonamides is 1. The van der Waals surface area contributed by atoms with Crippen LogP contribution in [0.4, 0.5) is 10.8 Å². The van der Waals surface area contributed by atoms with Gasteiger partial charge in [-0.25, -0.2) is 8.42 Å². The molecule has 0 radical (unpaired) electrons. The number of rotatable bonds is 5. The van der Waals surface area contributed by atoms with Gasteiger partial charge in [-0.15, -0.1) is 10.2 Å². The molecular formula is C23H24ClN5O3S2. The van der Waals surface area contributed by atoms with Crippen LogP contribution >= 0.6 is 22.9 Å². The van der Waals surface area contributed by atoms with Gasteiger partial charge in [0.2, 0.25) is 11.0 Å². The maximum absolute atomic E-state index is 13.4. The SMILES string of the molecule is Cc1nnc(NS(=O)(=O)c2ccc3c(c2)CN(C(=O)[C@@H](C)N2CCCc4cc(Cl)ccc42)C3)s1. The maximum Gasteiger partial charge on any atom is 0.263 e. The minimum atomic E-state index is -3.79. The zero-order valence-electron chi connectivity index (χ0n) is 18.8. The lowest BCUT2D eigenvalue weighted by Crippen LogP contribution is -2.47. The molecule has 1 amide bonds. The molecule has 8 nitrogen and oxygen atoms in total. The number of carbonyl (C=O) groups excluding carboxylic acids is 1. The topological polar surface area (TPSA) is 95.5 Å². The molecule has 0 bridgehead atoms. The molecule has 0 saturated carbocycles. The van der Waals surface area contributed by atoms with Crippen molar-refractivity contribution in [2.45, 2.75) is 50.7 Å². The minimum absolute atomic E-state index is 0.0193. The Kier molecular flexibility index (Phi) is 5.99. The van der Waals surface area contributed by atoms with Crippen LogP contribution in [-0.2, 0) is 34.3 Å². The van der Waals surface area contributed by atoms with Crippen molar-refractivity contribution in [3.63, 3.8) is 0 Å². The van der Waals surface area contributed by atoms with Crippen LogP contribution in [0.15, 0.2) is 41.3 Å². The third kappa shape index (κ3) is 4.37. The van der Waals surface area contributed by atoms with E-state index in [2.05, 4.69) is 19.8 Å². The number of anilines is 2. The van der Waals surface area contributed by atoms with Crippen LogP contribution in [-0.4, -0.2) is 42.0 Å². The second-order valence-corrected chi connectivity index (χ2v) is 11.9. The van der Waals surface area contributed by atoms with Gasteiger partial charge in [0.05, 0.1) is 4.90 Å². The average molecular weight is 518 g/mol. The Balaban J connectivity index is 1.32. The van der Waals surface area contributed by atoms with Gasteiger partial charge in [-0.1, -0.05) is 29.0 Å². The van der Waals surface area contributed by atoms with Crippen LogP contribution in [0.5, 0.6) is 0 Å². The molecule has 2 aromatic carbocycles. The van der Waals surface area contributed by atoms with Crippen LogP contribution in [0.3, 0.4) is 0 Å². The number of carbonyl (C=O) groups is 1. The average Bonchev–Trinajstić information content (AvgIpc) is 3.42. The van der Waals surface area contributed by atoms with Gasteiger partial charge in [0.15, 0.2) is 0 Å². The molecule has 2 aliphatic heterocycles. The monoisotopic (exact) mass is 517 g/mol. The van der Waals surface area contributed by atoms with Gasteiger partial charge in [-0.2, -0.15) is 0 Å². The van der Waals surface area contributed by atoms with Gasteiger partial charge in [-0.05, 0) is 73.7 Å². The fourth-order valence-electron chi connectivity index (χ4n) is 4.60. The molecule has 0 spiro atoms. The lowest BCUT2D eigenvalue weighted by molar-refractivity contribution is -0.132. The number of hydrogen-bond acceptors (Lipinski definition) is 7. The molecular weight excluding hydrogens is 494 g/mol. The molecule has 1 N–H and O–H groups in total. The Morgan fingerprint density at radius 3 is 2.68 bits per heavy atom. The van der Waals surface area contributed by atoms with E-state index in [9.17, 15) is 13.2 Å². The molecule has 34 heavy (non-hydrogen) atoms. The van der Waals surface area contributed by atoms with E-state index in [0.717, 1.165) is 41.8 Å². The molecule has 2 aliphatic rings. The van der Waals surface area contributed by atoms with Crippen molar-refractivity contribution in [1.29, 1.82) is 0 Å². The smallest absolute Gasteiger partial charge is 0.263 e. The number of aromatic nitrogens is 2. The molecule has 11 heteroatoms. The highest BCUT2D eigenvalue weighted by molar-refractivity contribution is 7.93. The summed E-state index contributed by atoms with van der Waals surface area (Å²) in [6.07, 6.45) is 1.91. The number of hydrogen-bond donors (Lipinski definition) is 1. The van der Waals surface area contributed by atoms with E-state index >= 15 is 0 Å². The number of nitrogens with one attached hydrogen (secondary N) is 1. The summed E-state index contributed by atoms with van der Waals surface area (Å²) in [7, 11) is -3.79. The normalized spacial score (nSPS) is 16.2. The van der Waals surface area contributed by atoms with Crippen molar-refractivity contribution >= 4 is 49.7 Å². The van der Waals surface area contributed by atoms with Crippen LogP contribution in [0.1, 0.15) is 35.0 Å². The summed E-state index contributed by atoms with van der Waals surface area (Å²) in [4.78, 5) is 17.5. The molecule has 3 heterocycles. The van der Waals surface area contributed by atoms with Crippen LogP contribution in [0, 0.1) is 6.92 Å². The molecule has 1 atom stereocenters. The highest BCUT2D eigenvalue weighted by Gasteiger charge is 2.33. The van der Waals surface area contributed by atoms with Crippen molar-refractivity contribution < 1.29 is 13.2 Å². The molecule has 0 aliphatic carbocycles. The first-order chi connectivity index (χ1) is 16.2. The lowest BCUT2D eigenvalue weighted by atomic mass is 10.00. The number of aryl methyl sites for hydroxylation is 2. The molecule has 178 valence electrons. The van der Waals surface area contributed by atoms with Gasteiger partial charge >= 0.3 is 0 Å². The van der Waals surface area contributed by atoms with Gasteiger partial charge in [0.25, 0.3) is 10.0 Å². The van der Waals surface area contributed by atoms with E-state index in [1.165, 1.54) is 11.3 Å². The van der Waals surface area contributed by atoms with E-state index in [1.54, 1.807) is 30.0 Å². The van der Waals surface area contributed by atoms with Gasteiger partial charge in [0, 0.05) is 30.3 Å². The van der Waals surface area contributed by atoms with E-state index in [-0.39, 0.29) is 22.0 Å². The summed E-state index contributed by atoms with van der Waals surface area (Å²) in [5.74, 6) is 0.0193. The Morgan fingerprint density at radius 2 is 1.91 bits per heavy atom. The van der Waals surface area contributed by atoms with Crippen molar-refractivity contribution in [3.8, 4) is 0 Å². The van der Waals surface area contributed by atoms with Crippen molar-refractivity contribution in [3.05, 3.63) is 63.1 Å². The van der Waals surface area contributed by atoms with Crippen LogP contribution in [0.2, 0.25) is 5.02 Å². The summed E-state index contributed by atoms with van der Waals surface area (Å²) in [5.41, 5.74) is 4.01. The summed E-state index contributed by atoms with van der Waals surface area (Å²) in [6.45, 7) is 5.33. The standard InChI is InChI=1S/C23H24ClN5O3S2/c1-14(29-9-3-4-16-10-19(24)6-8-21(16)29)22(30)28-12-17-5-7-20(11-18(17)13-28)34(31,32)27-23-26-25-15(2)33-23/h5-8,10-11,14H,3-4,9,12-13H2,1-2H3,(H,26,27)/t14-/m1/s1. The first-order valence-electron chi connectivity index (χ1n) is 11.0. The number of amides is 1. The zero-order chi connectivity index (χ0) is 24.0. The number of benzene rings is 2. The predicted octanol–water partition coefficient (Wildman–Crippen LogP) is 3.98. The summed E-state index contributed by atoms with van der Waals surface area (Å²) in [6, 6.07) is 10.5. The van der Waals surface area contributed by atoms with E-state index in [1.807, 2.05) is 25.1 Å². The number of halogens is 1. The number of nitrogens with zero attached hydrogens (tertiary/aromatic N) is 4. The van der Waals surface area contributed by atoms with E-state index in [4.69, 9.17) is 11.6 Å². The van der Waals surface area contributed by atoms with Crippen LogP contribution in [0.25, 0.3) is 0 Å². The first kappa shape index (κ1) is 23.1. The van der Waals surface area contributed by atoms with Crippen molar-refractivity contribution in [1.82, 2.24) is 15.1 Å². The first-order valence-corrected chi connectivity index (χ1v) is 13.7. The van der Waals surface area contributed by atoms with E-state index in [0.29, 0.717) is 23.1 Å². The summed E-state index contributed by atoms with van der Waals surface area (Å²) >= 11 is 7.34. The molecule has 0 unspecified atom stereocenters. The largest absolute Gasteiger partial charge is 0.360 e. The summed E-state index contributed by atoms with van der Waals surface area (Å²) in [5, 5.41) is 9.28. The Hall–Kier alpha value is -2.69. The van der Waals surface area contributed by atoms with Crippen molar-refractivity contribution in [2.75, 3.05) is 16.2 Å². The lowest BCUT2D eigenvalue weighted by Gasteiger charge is -2.37. The molecule has 3 aromatic rings. The third-order valence-corrected chi connectivity index (χ3v) is 8.75. The molecule has 1 aromatic heterocycles. The van der Waals surface area contributed by atoms with E-state index < -0.39 is 10.0 Å². The van der Waals surface area contributed by atoms with Gasteiger partial charge < -0.3 is 9.80 Å². The zero-order valence-corrected chi connectivity index (χ0v) is 21.2. The van der Waals surface area contributed by atoms with Gasteiger partial charge in [0.1, 0.15) is 11.0 Å². The Morgan fingerprint density at radius 1 is 1.12 bits per heavy atom. The second-order valence-electron chi connectivity index (χ2n) is 8.60. The van der Waals surface area contributed by atoms with Crippen molar-refractivity contribution in [2.24, 2.45) is 0 Å². The summed E-state index contributed by atoms with van der Waals surface area (Å²) < 4.78 is 28.1. The Bertz CT molecular complexity index is 1370. The third-order valence-electron chi connectivity index (χ3n) is 6.29. The fraction of sp³-hybridized carbons (Fsp3) is 0.348. The quantitative estimate of drug-likeness (QED) is 0.550. The predicted molar refractivity (Wildman–Crippen MR) is 133 cm³/mol. The fourth-order valence-corrected chi connectivity index (χ4v) is 6.67. The second kappa shape index (κ2) is 8.83. The highest BCUT2D eigenvalue weighted by atomic mass is 35.5.